The van der Waals surface area contributed by atoms with Crippen LogP contribution < -0.4 is 10.6 Å². The molecule has 5 heteroatoms. The fourth-order valence-electron chi connectivity index (χ4n) is 1.85. The van der Waals surface area contributed by atoms with E-state index < -0.39 is 5.97 Å². The van der Waals surface area contributed by atoms with E-state index in [9.17, 15) is 9.59 Å². The molecule has 1 rings (SSSR count). The fourth-order valence-corrected chi connectivity index (χ4v) is 1.85. The van der Waals surface area contributed by atoms with Crippen LogP contribution in [0.15, 0.2) is 24.3 Å². The predicted octanol–water partition coefficient (Wildman–Crippen LogP) is 2.19. The Hall–Kier alpha value is -2.04. The first-order valence-corrected chi connectivity index (χ1v) is 6.85. The van der Waals surface area contributed by atoms with E-state index in [1.54, 1.807) is 25.2 Å². The molecule has 20 heavy (non-hydrogen) atoms. The molecule has 0 aromatic heterocycles. The van der Waals surface area contributed by atoms with Gasteiger partial charge in [0, 0.05) is 18.8 Å². The van der Waals surface area contributed by atoms with Gasteiger partial charge in [-0.3, -0.25) is 4.79 Å². The van der Waals surface area contributed by atoms with E-state index in [0.717, 1.165) is 12.8 Å². The van der Waals surface area contributed by atoms with Gasteiger partial charge in [-0.15, -0.1) is 0 Å². The maximum absolute atomic E-state index is 11.9. The summed E-state index contributed by atoms with van der Waals surface area (Å²) in [6, 6.07) is 7.14. The SMILES string of the molecule is CCC(CC)NC(=O)COC(=O)c1ccccc1NC. The normalized spacial score (nSPS) is 10.2. The first kappa shape index (κ1) is 16.0. The number of hydrogen-bond acceptors (Lipinski definition) is 4. The summed E-state index contributed by atoms with van der Waals surface area (Å²) < 4.78 is 5.03. The average Bonchev–Trinajstić information content (AvgIpc) is 2.50. The number of anilines is 1. The van der Waals surface area contributed by atoms with E-state index in [4.69, 9.17) is 4.74 Å². The standard InChI is InChI=1S/C15H22N2O3/c1-4-11(5-2)17-14(18)10-20-15(19)12-8-6-7-9-13(12)16-3/h6-9,11,16H,4-5,10H2,1-3H3,(H,17,18). The van der Waals surface area contributed by atoms with Crippen molar-refractivity contribution in [3.63, 3.8) is 0 Å². The second-order valence-electron chi connectivity index (χ2n) is 4.45. The Morgan fingerprint density at radius 3 is 2.45 bits per heavy atom. The first-order chi connectivity index (χ1) is 9.62. The van der Waals surface area contributed by atoms with Gasteiger partial charge in [-0.05, 0) is 25.0 Å². The van der Waals surface area contributed by atoms with Crippen molar-refractivity contribution < 1.29 is 14.3 Å². The van der Waals surface area contributed by atoms with E-state index >= 15 is 0 Å². The highest BCUT2D eigenvalue weighted by Crippen LogP contribution is 2.15. The van der Waals surface area contributed by atoms with E-state index in [1.165, 1.54) is 0 Å². The number of esters is 1. The van der Waals surface area contributed by atoms with Crippen LogP contribution in [0.5, 0.6) is 0 Å². The fraction of sp³-hybridized carbons (Fsp3) is 0.467. The van der Waals surface area contributed by atoms with Crippen molar-refractivity contribution in [1.82, 2.24) is 5.32 Å². The largest absolute Gasteiger partial charge is 0.452 e. The molecule has 0 bridgehead atoms. The molecule has 1 aromatic rings. The third-order valence-electron chi connectivity index (χ3n) is 3.10. The maximum Gasteiger partial charge on any atom is 0.340 e. The Kier molecular flexibility index (Phi) is 6.56. The first-order valence-electron chi connectivity index (χ1n) is 6.85. The third kappa shape index (κ3) is 4.57. The van der Waals surface area contributed by atoms with Crippen LogP contribution in [0.3, 0.4) is 0 Å². The smallest absolute Gasteiger partial charge is 0.340 e. The number of hydrogen-bond donors (Lipinski definition) is 2. The van der Waals surface area contributed by atoms with Gasteiger partial charge < -0.3 is 15.4 Å². The van der Waals surface area contributed by atoms with Crippen molar-refractivity contribution in [1.29, 1.82) is 0 Å². The lowest BCUT2D eigenvalue weighted by atomic mass is 10.2. The Bertz CT molecular complexity index is 456. The molecule has 0 atom stereocenters. The van der Waals surface area contributed by atoms with Gasteiger partial charge >= 0.3 is 5.97 Å². The molecule has 2 N–H and O–H groups in total. The van der Waals surface area contributed by atoms with Crippen molar-refractivity contribution in [2.24, 2.45) is 0 Å². The lowest BCUT2D eigenvalue weighted by molar-refractivity contribution is -0.125. The summed E-state index contributed by atoms with van der Waals surface area (Å²) in [6.07, 6.45) is 1.72. The highest BCUT2D eigenvalue weighted by atomic mass is 16.5. The van der Waals surface area contributed by atoms with Crippen LogP contribution in [-0.2, 0) is 9.53 Å². The lowest BCUT2D eigenvalue weighted by Gasteiger charge is -2.15. The summed E-state index contributed by atoms with van der Waals surface area (Å²) in [5.74, 6) is -0.774. The van der Waals surface area contributed by atoms with Crippen molar-refractivity contribution in [3.8, 4) is 0 Å². The summed E-state index contributed by atoms with van der Waals surface area (Å²) in [4.78, 5) is 23.6. The maximum atomic E-state index is 11.9. The van der Waals surface area contributed by atoms with E-state index in [2.05, 4.69) is 10.6 Å². The van der Waals surface area contributed by atoms with Crippen molar-refractivity contribution in [3.05, 3.63) is 29.8 Å². The summed E-state index contributed by atoms with van der Waals surface area (Å²) >= 11 is 0. The van der Waals surface area contributed by atoms with Gasteiger partial charge in [0.25, 0.3) is 5.91 Å². The van der Waals surface area contributed by atoms with Gasteiger partial charge in [-0.2, -0.15) is 0 Å². The topological polar surface area (TPSA) is 67.4 Å². The molecule has 0 unspecified atom stereocenters. The number of para-hydroxylation sites is 1. The van der Waals surface area contributed by atoms with Gasteiger partial charge in [0.15, 0.2) is 6.61 Å². The molecule has 0 aliphatic carbocycles. The van der Waals surface area contributed by atoms with Gasteiger partial charge in [-0.1, -0.05) is 26.0 Å². The van der Waals surface area contributed by atoms with Crippen LogP contribution >= 0.6 is 0 Å². The van der Waals surface area contributed by atoms with Gasteiger partial charge in [0.1, 0.15) is 0 Å². The quantitative estimate of drug-likeness (QED) is 0.750. The molecule has 0 saturated carbocycles. The van der Waals surface area contributed by atoms with Crippen molar-refractivity contribution >= 4 is 17.6 Å². The average molecular weight is 278 g/mol. The van der Waals surface area contributed by atoms with Crippen LogP contribution in [0, 0.1) is 0 Å². The molecule has 1 amide bonds. The zero-order chi connectivity index (χ0) is 15.0. The van der Waals surface area contributed by atoms with Crippen molar-refractivity contribution in [2.45, 2.75) is 32.7 Å². The number of ether oxygens (including phenoxy) is 1. The molecule has 1 aromatic carbocycles. The molecular formula is C15H22N2O3. The minimum atomic E-state index is -0.505. The summed E-state index contributed by atoms with van der Waals surface area (Å²) in [5, 5.41) is 5.73. The van der Waals surface area contributed by atoms with E-state index in [0.29, 0.717) is 11.3 Å². The highest BCUT2D eigenvalue weighted by molar-refractivity contribution is 5.96. The second kappa shape index (κ2) is 8.19. The van der Waals surface area contributed by atoms with Gasteiger partial charge in [0.2, 0.25) is 0 Å². The molecule has 0 heterocycles. The van der Waals surface area contributed by atoms with Crippen LogP contribution in [-0.4, -0.2) is 31.6 Å². The molecule has 5 nitrogen and oxygen atoms in total. The Morgan fingerprint density at radius 2 is 1.85 bits per heavy atom. The molecule has 0 fully saturated rings. The summed E-state index contributed by atoms with van der Waals surface area (Å²) in [6.45, 7) is 3.75. The zero-order valence-electron chi connectivity index (χ0n) is 12.2. The van der Waals surface area contributed by atoms with Gasteiger partial charge in [-0.25, -0.2) is 4.79 Å². The molecule has 0 spiro atoms. The number of amides is 1. The van der Waals surface area contributed by atoms with E-state index in [-0.39, 0.29) is 18.6 Å². The summed E-state index contributed by atoms with van der Waals surface area (Å²) in [5.41, 5.74) is 1.10. The molecule has 110 valence electrons. The van der Waals surface area contributed by atoms with Crippen LogP contribution in [0.25, 0.3) is 0 Å². The Morgan fingerprint density at radius 1 is 1.20 bits per heavy atom. The molecule has 0 saturated heterocycles. The van der Waals surface area contributed by atoms with Crippen LogP contribution in [0.2, 0.25) is 0 Å². The molecule has 0 radical (unpaired) electrons. The minimum Gasteiger partial charge on any atom is -0.452 e. The number of carbonyl (C=O) groups excluding carboxylic acids is 2. The number of rotatable bonds is 7. The predicted molar refractivity (Wildman–Crippen MR) is 78.8 cm³/mol. The number of carbonyl (C=O) groups is 2. The monoisotopic (exact) mass is 278 g/mol. The minimum absolute atomic E-state index is 0.130. The second-order valence-corrected chi connectivity index (χ2v) is 4.45. The number of nitrogens with one attached hydrogen (secondary N) is 2. The third-order valence-corrected chi connectivity index (χ3v) is 3.10. The van der Waals surface area contributed by atoms with E-state index in [1.807, 2.05) is 19.9 Å². The van der Waals surface area contributed by atoms with Crippen molar-refractivity contribution in [2.75, 3.05) is 19.0 Å². The van der Waals surface area contributed by atoms with Crippen LogP contribution in [0.1, 0.15) is 37.0 Å². The summed E-state index contributed by atoms with van der Waals surface area (Å²) in [7, 11) is 1.73. The lowest BCUT2D eigenvalue weighted by Crippen LogP contribution is -2.36. The zero-order valence-corrected chi connectivity index (χ0v) is 12.2. The number of benzene rings is 1. The molecule has 0 aliphatic rings. The van der Waals surface area contributed by atoms with Crippen LogP contribution in [0.4, 0.5) is 5.69 Å². The highest BCUT2D eigenvalue weighted by Gasteiger charge is 2.14. The Balaban J connectivity index is 2.53. The molecule has 0 aliphatic heterocycles. The van der Waals surface area contributed by atoms with Gasteiger partial charge in [0.05, 0.1) is 5.56 Å². The Labute approximate surface area is 119 Å². The molecular weight excluding hydrogens is 256 g/mol.